The molecular weight excluding hydrogens is 368 g/mol. The van der Waals surface area contributed by atoms with Crippen LogP contribution in [-0.4, -0.2) is 30.3 Å². The number of nitrogens with one attached hydrogen (secondary N) is 1. The van der Waals surface area contributed by atoms with Gasteiger partial charge in [0, 0.05) is 23.7 Å². The van der Waals surface area contributed by atoms with Crippen LogP contribution in [0.2, 0.25) is 0 Å². The zero-order chi connectivity index (χ0) is 19.8. The molecule has 0 saturated carbocycles. The van der Waals surface area contributed by atoms with Crippen LogP contribution in [0.1, 0.15) is 21.5 Å². The zero-order valence-electron chi connectivity index (χ0n) is 16.0. The fraction of sp³-hybridized carbons (Fsp3) is 0.217. The first-order chi connectivity index (χ1) is 14.2. The van der Waals surface area contributed by atoms with Gasteiger partial charge >= 0.3 is 0 Å². The third-order valence-corrected chi connectivity index (χ3v) is 5.22. The molecular formula is C23H20N2O4. The van der Waals surface area contributed by atoms with E-state index < -0.39 is 0 Å². The van der Waals surface area contributed by atoms with Gasteiger partial charge in [0.25, 0.3) is 5.91 Å². The van der Waals surface area contributed by atoms with E-state index in [-0.39, 0.29) is 18.8 Å². The number of amides is 1. The number of hydrogen-bond donors (Lipinski definition) is 1. The summed E-state index contributed by atoms with van der Waals surface area (Å²) < 4.78 is 16.8. The number of fused-ring (bicyclic) bond motifs is 2. The molecule has 0 fully saturated rings. The molecule has 2 aliphatic heterocycles. The molecule has 146 valence electrons. The lowest BCUT2D eigenvalue weighted by Crippen LogP contribution is -2.34. The molecule has 2 aromatic carbocycles. The Balaban J connectivity index is 1.28. The Hall–Kier alpha value is -3.54. The van der Waals surface area contributed by atoms with Gasteiger partial charge < -0.3 is 19.5 Å². The summed E-state index contributed by atoms with van der Waals surface area (Å²) in [5.41, 5.74) is 4.69. The number of benzene rings is 2. The number of rotatable bonds is 4. The molecule has 2 aliphatic rings. The second-order valence-corrected chi connectivity index (χ2v) is 7.18. The van der Waals surface area contributed by atoms with Gasteiger partial charge in [-0.1, -0.05) is 18.2 Å². The van der Waals surface area contributed by atoms with Crippen molar-refractivity contribution in [3.8, 4) is 28.5 Å². The molecule has 0 radical (unpaired) electrons. The van der Waals surface area contributed by atoms with Gasteiger partial charge in [0.05, 0.1) is 12.2 Å². The summed E-state index contributed by atoms with van der Waals surface area (Å²) in [6.45, 7) is 2.65. The average Bonchev–Trinajstić information content (AvgIpc) is 3.38. The summed E-state index contributed by atoms with van der Waals surface area (Å²) in [5.74, 6) is 1.95. The topological polar surface area (TPSA) is 69.7 Å². The molecule has 29 heavy (non-hydrogen) atoms. The standard InChI is InChI=1S/C23H20N2O4/c1-14-4-3-9-24-21(14)18-6-2-5-15-10-17(29-22(15)18)12-25-23(26)16-7-8-19-20(11-16)28-13-27-19/h2-9,11,17H,10,12-13H2,1H3,(H,25,26)/t17-/m1/s1. The van der Waals surface area contributed by atoms with Gasteiger partial charge in [0.1, 0.15) is 11.9 Å². The van der Waals surface area contributed by atoms with Crippen molar-refractivity contribution in [2.45, 2.75) is 19.4 Å². The molecule has 0 bridgehead atoms. The number of aryl methyl sites for hydroxylation is 1. The van der Waals surface area contributed by atoms with Crippen molar-refractivity contribution in [1.29, 1.82) is 0 Å². The summed E-state index contributed by atoms with van der Waals surface area (Å²) in [6, 6.07) is 15.3. The minimum atomic E-state index is -0.163. The number of nitrogens with zero attached hydrogens (tertiary/aromatic N) is 1. The molecule has 0 unspecified atom stereocenters. The van der Waals surface area contributed by atoms with Crippen LogP contribution in [0.15, 0.2) is 54.7 Å². The molecule has 5 rings (SSSR count). The van der Waals surface area contributed by atoms with E-state index in [4.69, 9.17) is 14.2 Å². The van der Waals surface area contributed by atoms with Crippen LogP contribution in [0, 0.1) is 6.92 Å². The summed E-state index contributed by atoms with van der Waals surface area (Å²) in [4.78, 5) is 17.1. The van der Waals surface area contributed by atoms with Gasteiger partial charge in [-0.2, -0.15) is 0 Å². The smallest absolute Gasteiger partial charge is 0.251 e. The summed E-state index contributed by atoms with van der Waals surface area (Å²) >= 11 is 0. The van der Waals surface area contributed by atoms with Crippen molar-refractivity contribution < 1.29 is 19.0 Å². The predicted molar refractivity (Wildman–Crippen MR) is 107 cm³/mol. The highest BCUT2D eigenvalue weighted by atomic mass is 16.7. The van der Waals surface area contributed by atoms with E-state index in [9.17, 15) is 4.79 Å². The number of carbonyl (C=O) groups is 1. The SMILES string of the molecule is Cc1cccnc1-c1cccc2c1O[C@@H](CNC(=O)c1ccc3c(c1)OCO3)C2. The van der Waals surface area contributed by atoms with Crippen LogP contribution in [0.5, 0.6) is 17.2 Å². The van der Waals surface area contributed by atoms with E-state index in [1.165, 1.54) is 0 Å². The Morgan fingerprint density at radius 1 is 1.14 bits per heavy atom. The monoisotopic (exact) mass is 388 g/mol. The minimum Gasteiger partial charge on any atom is -0.487 e. The largest absolute Gasteiger partial charge is 0.487 e. The van der Waals surface area contributed by atoms with Crippen LogP contribution in [0.3, 0.4) is 0 Å². The van der Waals surface area contributed by atoms with E-state index in [2.05, 4.69) is 16.4 Å². The lowest BCUT2D eigenvalue weighted by Gasteiger charge is -2.14. The Morgan fingerprint density at radius 3 is 2.93 bits per heavy atom. The average molecular weight is 388 g/mol. The summed E-state index contributed by atoms with van der Waals surface area (Å²) in [5, 5.41) is 2.96. The summed E-state index contributed by atoms with van der Waals surface area (Å²) in [6.07, 6.45) is 2.42. The van der Waals surface area contributed by atoms with E-state index in [0.29, 0.717) is 23.6 Å². The Kier molecular flexibility index (Phi) is 4.31. The summed E-state index contributed by atoms with van der Waals surface area (Å²) in [7, 11) is 0. The molecule has 1 aromatic heterocycles. The van der Waals surface area contributed by atoms with Crippen molar-refractivity contribution in [3.05, 3.63) is 71.4 Å². The quantitative estimate of drug-likeness (QED) is 0.741. The number of ether oxygens (including phenoxy) is 3. The lowest BCUT2D eigenvalue weighted by atomic mass is 10.0. The van der Waals surface area contributed by atoms with E-state index in [0.717, 1.165) is 34.6 Å². The number of aromatic nitrogens is 1. The maximum absolute atomic E-state index is 12.5. The molecule has 1 amide bonds. The van der Waals surface area contributed by atoms with Crippen molar-refractivity contribution in [2.24, 2.45) is 0 Å². The van der Waals surface area contributed by atoms with Gasteiger partial charge in [-0.3, -0.25) is 9.78 Å². The Labute approximate surface area is 168 Å². The normalized spacial score (nSPS) is 16.2. The third kappa shape index (κ3) is 3.27. The molecule has 1 N–H and O–H groups in total. The van der Waals surface area contributed by atoms with Crippen molar-refractivity contribution in [3.63, 3.8) is 0 Å². The van der Waals surface area contributed by atoms with E-state index in [1.54, 1.807) is 24.4 Å². The van der Waals surface area contributed by atoms with Crippen LogP contribution in [0.25, 0.3) is 11.3 Å². The Bertz CT molecular complexity index is 1100. The minimum absolute atomic E-state index is 0.117. The highest BCUT2D eigenvalue weighted by Crippen LogP contribution is 2.39. The number of carbonyl (C=O) groups excluding carboxylic acids is 1. The number of para-hydroxylation sites is 1. The maximum atomic E-state index is 12.5. The molecule has 0 aliphatic carbocycles. The molecule has 1 atom stereocenters. The van der Waals surface area contributed by atoms with Gasteiger partial charge in [-0.15, -0.1) is 0 Å². The van der Waals surface area contributed by atoms with Gasteiger partial charge in [0.15, 0.2) is 11.5 Å². The van der Waals surface area contributed by atoms with Gasteiger partial charge in [-0.05, 0) is 48.4 Å². The fourth-order valence-electron chi connectivity index (χ4n) is 3.75. The van der Waals surface area contributed by atoms with Gasteiger partial charge in [0.2, 0.25) is 6.79 Å². The highest BCUT2D eigenvalue weighted by Gasteiger charge is 2.27. The number of pyridine rings is 1. The second kappa shape index (κ2) is 7.13. The number of hydrogen-bond acceptors (Lipinski definition) is 5. The first-order valence-corrected chi connectivity index (χ1v) is 9.57. The Morgan fingerprint density at radius 2 is 2.03 bits per heavy atom. The second-order valence-electron chi connectivity index (χ2n) is 7.18. The van der Waals surface area contributed by atoms with E-state index in [1.807, 2.05) is 31.2 Å². The third-order valence-electron chi connectivity index (χ3n) is 5.22. The fourth-order valence-corrected chi connectivity index (χ4v) is 3.75. The van der Waals surface area contributed by atoms with Crippen LogP contribution in [-0.2, 0) is 6.42 Å². The molecule has 3 aromatic rings. The molecule has 3 heterocycles. The zero-order valence-corrected chi connectivity index (χ0v) is 16.0. The van der Waals surface area contributed by atoms with Crippen molar-refractivity contribution in [2.75, 3.05) is 13.3 Å². The van der Waals surface area contributed by atoms with Crippen LogP contribution in [0.4, 0.5) is 0 Å². The molecule has 6 nitrogen and oxygen atoms in total. The molecule has 0 saturated heterocycles. The van der Waals surface area contributed by atoms with Crippen LogP contribution < -0.4 is 19.5 Å². The maximum Gasteiger partial charge on any atom is 0.251 e. The molecule has 0 spiro atoms. The predicted octanol–water partition coefficient (Wildman–Crippen LogP) is 3.52. The van der Waals surface area contributed by atoms with Crippen molar-refractivity contribution in [1.82, 2.24) is 10.3 Å². The van der Waals surface area contributed by atoms with E-state index >= 15 is 0 Å². The van der Waals surface area contributed by atoms with Gasteiger partial charge in [-0.25, -0.2) is 0 Å². The van der Waals surface area contributed by atoms with Crippen molar-refractivity contribution >= 4 is 5.91 Å². The first-order valence-electron chi connectivity index (χ1n) is 9.57. The first kappa shape index (κ1) is 17.6. The molecule has 6 heteroatoms. The highest BCUT2D eigenvalue weighted by molar-refractivity contribution is 5.95. The lowest BCUT2D eigenvalue weighted by molar-refractivity contribution is 0.0933. The van der Waals surface area contributed by atoms with Crippen LogP contribution >= 0.6 is 0 Å².